The van der Waals surface area contributed by atoms with Crippen molar-refractivity contribution in [2.75, 3.05) is 18.8 Å². The van der Waals surface area contributed by atoms with Gasteiger partial charge in [0.15, 0.2) is 0 Å². The Bertz CT molecular complexity index is 349. The van der Waals surface area contributed by atoms with E-state index in [2.05, 4.69) is 10.0 Å². The number of carbonyl (C=O) groups is 1. The Morgan fingerprint density at radius 2 is 2.29 bits per heavy atom. The first kappa shape index (κ1) is 14.4. The van der Waals surface area contributed by atoms with Gasteiger partial charge in [0, 0.05) is 6.04 Å². The number of piperidine rings is 1. The minimum Gasteiger partial charge on any atom is -0.481 e. The molecule has 2 unspecified atom stereocenters. The van der Waals surface area contributed by atoms with Gasteiger partial charge in [-0.05, 0) is 38.8 Å². The lowest BCUT2D eigenvalue weighted by atomic mass is 9.94. The monoisotopic (exact) mass is 264 g/mol. The van der Waals surface area contributed by atoms with Crippen molar-refractivity contribution in [1.29, 1.82) is 0 Å². The highest BCUT2D eigenvalue weighted by Crippen LogP contribution is 2.14. The molecular weight excluding hydrogens is 244 g/mol. The zero-order valence-electron chi connectivity index (χ0n) is 9.98. The fourth-order valence-electron chi connectivity index (χ4n) is 1.97. The average Bonchev–Trinajstić information content (AvgIpc) is 2.27. The summed E-state index contributed by atoms with van der Waals surface area (Å²) in [5, 5.41) is 11.7. The molecule has 100 valence electrons. The van der Waals surface area contributed by atoms with Crippen molar-refractivity contribution >= 4 is 16.0 Å². The van der Waals surface area contributed by atoms with Crippen molar-refractivity contribution in [3.05, 3.63) is 0 Å². The third kappa shape index (κ3) is 5.47. The van der Waals surface area contributed by atoms with Crippen molar-refractivity contribution in [2.45, 2.75) is 32.2 Å². The number of hydrogen-bond acceptors (Lipinski definition) is 4. The van der Waals surface area contributed by atoms with Crippen LogP contribution in [0.4, 0.5) is 0 Å². The van der Waals surface area contributed by atoms with Gasteiger partial charge in [-0.25, -0.2) is 13.1 Å². The first-order chi connectivity index (χ1) is 7.91. The van der Waals surface area contributed by atoms with Crippen LogP contribution in [-0.4, -0.2) is 44.4 Å². The zero-order valence-corrected chi connectivity index (χ0v) is 10.8. The normalized spacial score (nSPS) is 23.2. The highest BCUT2D eigenvalue weighted by atomic mass is 32.2. The van der Waals surface area contributed by atoms with Crippen LogP contribution >= 0.6 is 0 Å². The summed E-state index contributed by atoms with van der Waals surface area (Å²) in [6.45, 7) is 3.62. The molecule has 0 amide bonds. The molecule has 1 aliphatic heterocycles. The predicted molar refractivity (Wildman–Crippen MR) is 64.2 cm³/mol. The molecule has 1 heterocycles. The smallest absolute Gasteiger partial charge is 0.304 e. The molecule has 1 rings (SSSR count). The van der Waals surface area contributed by atoms with E-state index in [1.54, 1.807) is 0 Å². The summed E-state index contributed by atoms with van der Waals surface area (Å²) in [5.41, 5.74) is 0. The number of carboxylic acids is 1. The fraction of sp³-hybridized carbons (Fsp3) is 0.900. The molecule has 0 bridgehead atoms. The summed E-state index contributed by atoms with van der Waals surface area (Å²) in [6.07, 6.45) is 1.69. The van der Waals surface area contributed by atoms with Crippen molar-refractivity contribution in [3.8, 4) is 0 Å². The van der Waals surface area contributed by atoms with Crippen molar-refractivity contribution in [3.63, 3.8) is 0 Å². The molecule has 3 N–H and O–H groups in total. The largest absolute Gasteiger partial charge is 0.481 e. The van der Waals surface area contributed by atoms with Gasteiger partial charge in [-0.2, -0.15) is 0 Å². The highest BCUT2D eigenvalue weighted by molar-refractivity contribution is 7.89. The maximum atomic E-state index is 11.6. The highest BCUT2D eigenvalue weighted by Gasteiger charge is 2.24. The van der Waals surface area contributed by atoms with E-state index in [1.165, 1.54) is 0 Å². The lowest BCUT2D eigenvalue weighted by Crippen LogP contribution is -2.45. The number of rotatable bonds is 6. The molecule has 0 saturated carbocycles. The van der Waals surface area contributed by atoms with Gasteiger partial charge in [0.1, 0.15) is 0 Å². The van der Waals surface area contributed by atoms with E-state index in [1.807, 2.05) is 6.92 Å². The lowest BCUT2D eigenvalue weighted by molar-refractivity contribution is -0.136. The molecule has 6 nitrogen and oxygen atoms in total. The summed E-state index contributed by atoms with van der Waals surface area (Å²) in [6, 6.07) is -0.151. The van der Waals surface area contributed by atoms with E-state index < -0.39 is 16.0 Å². The summed E-state index contributed by atoms with van der Waals surface area (Å²) in [7, 11) is -3.48. The van der Waals surface area contributed by atoms with Gasteiger partial charge in [0.25, 0.3) is 0 Å². The van der Waals surface area contributed by atoms with Crippen molar-refractivity contribution in [2.24, 2.45) is 5.92 Å². The van der Waals surface area contributed by atoms with E-state index >= 15 is 0 Å². The Kier molecular flexibility index (Phi) is 5.35. The van der Waals surface area contributed by atoms with Crippen LogP contribution in [0.1, 0.15) is 26.2 Å². The molecule has 0 radical (unpaired) electrons. The maximum Gasteiger partial charge on any atom is 0.304 e. The van der Waals surface area contributed by atoms with Gasteiger partial charge < -0.3 is 10.4 Å². The molecule has 0 aromatic heterocycles. The Balaban J connectivity index is 2.42. The van der Waals surface area contributed by atoms with Crippen LogP contribution < -0.4 is 10.0 Å². The molecule has 1 saturated heterocycles. The second-order valence-corrected chi connectivity index (χ2v) is 6.35. The van der Waals surface area contributed by atoms with E-state index in [-0.39, 0.29) is 24.1 Å². The molecule has 0 aromatic rings. The van der Waals surface area contributed by atoms with Crippen LogP contribution in [0.5, 0.6) is 0 Å². The SMILES string of the molecule is CC(NS(=O)(=O)CCC(=O)O)C1CCCNC1. The number of aliphatic carboxylic acids is 1. The van der Waals surface area contributed by atoms with Crippen molar-refractivity contribution in [1.82, 2.24) is 10.0 Å². The Morgan fingerprint density at radius 1 is 1.59 bits per heavy atom. The molecule has 7 heteroatoms. The van der Waals surface area contributed by atoms with Crippen molar-refractivity contribution < 1.29 is 18.3 Å². The van der Waals surface area contributed by atoms with Crippen LogP contribution in [0, 0.1) is 5.92 Å². The minimum absolute atomic E-state index is 0.151. The van der Waals surface area contributed by atoms with Gasteiger partial charge >= 0.3 is 5.97 Å². The van der Waals surface area contributed by atoms with Gasteiger partial charge in [0.05, 0.1) is 12.2 Å². The summed E-state index contributed by atoms with van der Waals surface area (Å²) in [5.74, 6) is -1.17. The number of carboxylic acid groups (broad SMARTS) is 1. The maximum absolute atomic E-state index is 11.6. The number of nitrogens with one attached hydrogen (secondary N) is 2. The van der Waals surface area contributed by atoms with E-state index in [4.69, 9.17) is 5.11 Å². The standard InChI is InChI=1S/C10H20N2O4S/c1-8(9-3-2-5-11-7-9)12-17(15,16)6-4-10(13)14/h8-9,11-12H,2-7H2,1H3,(H,13,14). The summed E-state index contributed by atoms with van der Waals surface area (Å²) in [4.78, 5) is 10.3. The Morgan fingerprint density at radius 3 is 2.82 bits per heavy atom. The van der Waals surface area contributed by atoms with Gasteiger partial charge in [-0.15, -0.1) is 0 Å². The first-order valence-corrected chi connectivity index (χ1v) is 7.48. The molecule has 2 atom stereocenters. The third-order valence-electron chi connectivity index (χ3n) is 2.99. The molecular formula is C10H20N2O4S. The Hall–Kier alpha value is -0.660. The average molecular weight is 264 g/mol. The van der Waals surface area contributed by atoms with Crippen LogP contribution in [0.25, 0.3) is 0 Å². The topological polar surface area (TPSA) is 95.5 Å². The van der Waals surface area contributed by atoms with Crippen LogP contribution in [0.2, 0.25) is 0 Å². The first-order valence-electron chi connectivity index (χ1n) is 5.83. The fourth-order valence-corrected chi connectivity index (χ4v) is 3.29. The Labute approximate surface area is 102 Å². The van der Waals surface area contributed by atoms with E-state index in [9.17, 15) is 13.2 Å². The second kappa shape index (κ2) is 6.32. The van der Waals surface area contributed by atoms with Gasteiger partial charge in [-0.1, -0.05) is 0 Å². The van der Waals surface area contributed by atoms with Crippen LogP contribution in [-0.2, 0) is 14.8 Å². The predicted octanol–water partition coefficient (Wildman–Crippen LogP) is -0.231. The number of sulfonamides is 1. The van der Waals surface area contributed by atoms with Gasteiger partial charge in [-0.3, -0.25) is 4.79 Å². The summed E-state index contributed by atoms with van der Waals surface area (Å²) < 4.78 is 25.7. The van der Waals surface area contributed by atoms with Crippen LogP contribution in [0.3, 0.4) is 0 Å². The molecule has 0 aliphatic carbocycles. The molecule has 1 aliphatic rings. The zero-order chi connectivity index (χ0) is 12.9. The molecule has 0 aromatic carbocycles. The van der Waals surface area contributed by atoms with Crippen LogP contribution in [0.15, 0.2) is 0 Å². The second-order valence-electron chi connectivity index (χ2n) is 4.48. The molecule has 17 heavy (non-hydrogen) atoms. The van der Waals surface area contributed by atoms with Gasteiger partial charge in [0.2, 0.25) is 10.0 Å². The third-order valence-corrected chi connectivity index (χ3v) is 4.46. The lowest BCUT2D eigenvalue weighted by Gasteiger charge is -2.28. The minimum atomic E-state index is -3.48. The molecule has 1 fully saturated rings. The summed E-state index contributed by atoms with van der Waals surface area (Å²) >= 11 is 0. The quantitative estimate of drug-likeness (QED) is 0.616. The van der Waals surface area contributed by atoms with E-state index in [0.29, 0.717) is 0 Å². The van der Waals surface area contributed by atoms with E-state index in [0.717, 1.165) is 25.9 Å². The molecule has 0 spiro atoms. The number of hydrogen-bond donors (Lipinski definition) is 3.